The summed E-state index contributed by atoms with van der Waals surface area (Å²) in [6.45, 7) is 1.40. The predicted molar refractivity (Wildman–Crippen MR) is 84.4 cm³/mol. The van der Waals surface area contributed by atoms with E-state index in [1.807, 2.05) is 58.1 Å². The smallest absolute Gasteiger partial charge is 0.223 e. The fourth-order valence-electron chi connectivity index (χ4n) is 3.17. The maximum Gasteiger partial charge on any atom is 0.223 e. The average molecular weight is 291 g/mol. The molecule has 0 aliphatic carbocycles. The van der Waals surface area contributed by atoms with Crippen molar-refractivity contribution in [3.8, 4) is 0 Å². The van der Waals surface area contributed by atoms with Crippen molar-refractivity contribution in [3.63, 3.8) is 0 Å². The van der Waals surface area contributed by atoms with Crippen LogP contribution < -0.4 is 0 Å². The highest BCUT2D eigenvalue weighted by Crippen LogP contribution is 2.29. The minimum absolute atomic E-state index is 0.222. The highest BCUT2D eigenvalue weighted by Gasteiger charge is 2.30. The Bertz CT molecular complexity index is 809. The van der Waals surface area contributed by atoms with Crippen LogP contribution in [0.25, 0.3) is 5.65 Å². The number of nitrogens with zero attached hydrogens (tertiary/aromatic N) is 3. The molecular formula is C18H17N3O. The number of carbonyl (C=O) groups is 1. The normalized spacial score (nSPS) is 18.3. The first-order valence-corrected chi connectivity index (χ1v) is 7.55. The molecule has 110 valence electrons. The zero-order chi connectivity index (χ0) is 14.9. The number of fused-ring (bicyclic) bond motifs is 1. The molecule has 1 aliphatic heterocycles. The monoisotopic (exact) mass is 291 g/mol. The lowest BCUT2D eigenvalue weighted by Gasteiger charge is -2.16. The third-order valence-electron chi connectivity index (χ3n) is 4.33. The van der Waals surface area contributed by atoms with Crippen LogP contribution in [-0.4, -0.2) is 26.7 Å². The van der Waals surface area contributed by atoms with Gasteiger partial charge in [-0.15, -0.1) is 0 Å². The Morgan fingerprint density at radius 1 is 1.09 bits per heavy atom. The van der Waals surface area contributed by atoms with Crippen LogP contribution in [0.15, 0.2) is 60.9 Å². The summed E-state index contributed by atoms with van der Waals surface area (Å²) in [6.07, 6.45) is 4.45. The SMILES string of the molecule is O=C1C[C@H](c2ccccc2)CN1Cc1cnc2ccccn12. The molecule has 4 rings (SSSR count). The van der Waals surface area contributed by atoms with Gasteiger partial charge in [0.15, 0.2) is 0 Å². The van der Waals surface area contributed by atoms with Crippen molar-refractivity contribution in [3.05, 3.63) is 72.2 Å². The molecule has 1 aromatic carbocycles. The van der Waals surface area contributed by atoms with Crippen molar-refractivity contribution in [2.75, 3.05) is 6.54 Å². The van der Waals surface area contributed by atoms with Crippen LogP contribution in [0.2, 0.25) is 0 Å². The number of rotatable bonds is 3. The Kier molecular flexibility index (Phi) is 3.15. The van der Waals surface area contributed by atoms with Crippen molar-refractivity contribution in [1.29, 1.82) is 0 Å². The molecule has 1 saturated heterocycles. The standard InChI is InChI=1S/C18H17N3O/c22-18-10-15(14-6-2-1-3-7-14)12-20(18)13-16-11-19-17-8-4-5-9-21(16)17/h1-9,11,15H,10,12-13H2/t15-/m0/s1. The van der Waals surface area contributed by atoms with Crippen molar-refractivity contribution in [2.45, 2.75) is 18.9 Å². The molecule has 0 N–H and O–H groups in total. The van der Waals surface area contributed by atoms with Gasteiger partial charge >= 0.3 is 0 Å². The topological polar surface area (TPSA) is 37.6 Å². The van der Waals surface area contributed by atoms with Gasteiger partial charge in [-0.05, 0) is 17.7 Å². The van der Waals surface area contributed by atoms with E-state index < -0.39 is 0 Å². The second-order valence-electron chi connectivity index (χ2n) is 5.76. The minimum Gasteiger partial charge on any atom is -0.336 e. The zero-order valence-electron chi connectivity index (χ0n) is 12.2. The molecule has 1 fully saturated rings. The first-order valence-electron chi connectivity index (χ1n) is 7.55. The van der Waals surface area contributed by atoms with E-state index in [9.17, 15) is 4.79 Å². The Balaban J connectivity index is 1.55. The van der Waals surface area contributed by atoms with Crippen LogP contribution in [0.5, 0.6) is 0 Å². The maximum atomic E-state index is 12.3. The van der Waals surface area contributed by atoms with Crippen LogP contribution in [0.1, 0.15) is 23.6 Å². The van der Waals surface area contributed by atoms with Crippen molar-refractivity contribution in [2.24, 2.45) is 0 Å². The Labute approximate surface area is 129 Å². The van der Waals surface area contributed by atoms with Crippen LogP contribution >= 0.6 is 0 Å². The summed E-state index contributed by atoms with van der Waals surface area (Å²) in [5, 5.41) is 0. The molecule has 3 aromatic rings. The number of benzene rings is 1. The second kappa shape index (κ2) is 5.30. The molecule has 4 heteroatoms. The highest BCUT2D eigenvalue weighted by atomic mass is 16.2. The lowest BCUT2D eigenvalue weighted by atomic mass is 9.99. The number of pyridine rings is 1. The van der Waals surface area contributed by atoms with Crippen LogP contribution in [0.4, 0.5) is 0 Å². The highest BCUT2D eigenvalue weighted by molar-refractivity contribution is 5.79. The quantitative estimate of drug-likeness (QED) is 0.744. The Hall–Kier alpha value is -2.62. The molecule has 0 saturated carbocycles. The predicted octanol–water partition coefficient (Wildman–Crippen LogP) is 2.85. The van der Waals surface area contributed by atoms with E-state index in [1.54, 1.807) is 0 Å². The molecular weight excluding hydrogens is 274 g/mol. The summed E-state index contributed by atoms with van der Waals surface area (Å²) in [5.41, 5.74) is 3.22. The van der Waals surface area contributed by atoms with Crippen LogP contribution in [0, 0.1) is 0 Å². The van der Waals surface area contributed by atoms with Crippen molar-refractivity contribution >= 4 is 11.6 Å². The van der Waals surface area contributed by atoms with E-state index in [0.29, 0.717) is 18.9 Å². The van der Waals surface area contributed by atoms with Crippen LogP contribution in [-0.2, 0) is 11.3 Å². The van der Waals surface area contributed by atoms with Crippen molar-refractivity contribution < 1.29 is 4.79 Å². The summed E-state index contributed by atoms with van der Waals surface area (Å²) in [4.78, 5) is 18.6. The third kappa shape index (κ3) is 2.26. The third-order valence-corrected chi connectivity index (χ3v) is 4.33. The number of hydrogen-bond acceptors (Lipinski definition) is 2. The van der Waals surface area contributed by atoms with Gasteiger partial charge in [-0.1, -0.05) is 36.4 Å². The van der Waals surface area contributed by atoms with Gasteiger partial charge in [0.05, 0.1) is 18.4 Å². The Morgan fingerprint density at radius 3 is 2.77 bits per heavy atom. The molecule has 3 heterocycles. The van der Waals surface area contributed by atoms with E-state index in [2.05, 4.69) is 17.1 Å². The molecule has 0 radical (unpaired) electrons. The molecule has 4 nitrogen and oxygen atoms in total. The average Bonchev–Trinajstić information content (AvgIpc) is 3.13. The number of carbonyl (C=O) groups excluding carboxylic acids is 1. The molecule has 0 spiro atoms. The van der Waals surface area contributed by atoms with Gasteiger partial charge in [0, 0.05) is 25.1 Å². The van der Waals surface area contributed by atoms with E-state index in [-0.39, 0.29) is 5.91 Å². The van der Waals surface area contributed by atoms with Gasteiger partial charge in [-0.2, -0.15) is 0 Å². The van der Waals surface area contributed by atoms with Crippen molar-refractivity contribution in [1.82, 2.24) is 14.3 Å². The minimum atomic E-state index is 0.222. The number of aromatic nitrogens is 2. The largest absolute Gasteiger partial charge is 0.336 e. The lowest BCUT2D eigenvalue weighted by molar-refractivity contribution is -0.128. The van der Waals surface area contributed by atoms with E-state index in [0.717, 1.165) is 17.9 Å². The Morgan fingerprint density at radius 2 is 1.91 bits per heavy atom. The summed E-state index contributed by atoms with van der Waals surface area (Å²) < 4.78 is 2.04. The number of hydrogen-bond donors (Lipinski definition) is 0. The van der Waals surface area contributed by atoms with E-state index in [1.165, 1.54) is 5.56 Å². The molecule has 1 aliphatic rings. The van der Waals surface area contributed by atoms with Gasteiger partial charge in [-0.3, -0.25) is 4.79 Å². The molecule has 1 atom stereocenters. The summed E-state index contributed by atoms with van der Waals surface area (Å²) in [5.74, 6) is 0.521. The van der Waals surface area contributed by atoms with Gasteiger partial charge < -0.3 is 9.30 Å². The number of imidazole rings is 1. The first kappa shape index (κ1) is 13.1. The lowest BCUT2D eigenvalue weighted by Crippen LogP contribution is -2.25. The summed E-state index contributed by atoms with van der Waals surface area (Å²) in [6, 6.07) is 16.2. The van der Waals surface area contributed by atoms with E-state index in [4.69, 9.17) is 0 Å². The summed E-state index contributed by atoms with van der Waals surface area (Å²) >= 11 is 0. The van der Waals surface area contributed by atoms with Gasteiger partial charge in [0.1, 0.15) is 5.65 Å². The number of likely N-dealkylation sites (tertiary alicyclic amines) is 1. The van der Waals surface area contributed by atoms with Gasteiger partial charge in [0.2, 0.25) is 5.91 Å². The molecule has 22 heavy (non-hydrogen) atoms. The number of amides is 1. The van der Waals surface area contributed by atoms with E-state index >= 15 is 0 Å². The fraction of sp³-hybridized carbons (Fsp3) is 0.222. The molecule has 0 bridgehead atoms. The summed E-state index contributed by atoms with van der Waals surface area (Å²) in [7, 11) is 0. The molecule has 1 amide bonds. The second-order valence-corrected chi connectivity index (χ2v) is 5.76. The zero-order valence-corrected chi connectivity index (χ0v) is 12.2. The molecule has 0 unspecified atom stereocenters. The first-order chi connectivity index (χ1) is 10.8. The maximum absolute atomic E-state index is 12.3. The van der Waals surface area contributed by atoms with Gasteiger partial charge in [0.25, 0.3) is 0 Å². The molecule has 2 aromatic heterocycles. The fourth-order valence-corrected chi connectivity index (χ4v) is 3.17. The van der Waals surface area contributed by atoms with Crippen LogP contribution in [0.3, 0.4) is 0 Å². The van der Waals surface area contributed by atoms with Gasteiger partial charge in [-0.25, -0.2) is 4.98 Å².